The van der Waals surface area contributed by atoms with Crippen LogP contribution in [0.5, 0.6) is 0 Å². The molecule has 0 saturated carbocycles. The van der Waals surface area contributed by atoms with Crippen molar-refractivity contribution in [2.75, 3.05) is 6.54 Å². The van der Waals surface area contributed by atoms with Crippen molar-refractivity contribution in [3.8, 4) is 11.4 Å². The van der Waals surface area contributed by atoms with Gasteiger partial charge in [-0.2, -0.15) is 4.98 Å². The summed E-state index contributed by atoms with van der Waals surface area (Å²) in [6.45, 7) is 4.97. The second kappa shape index (κ2) is 7.88. The summed E-state index contributed by atoms with van der Waals surface area (Å²) in [4.78, 5) is 8.60. The Bertz CT molecular complexity index is 547. The maximum absolute atomic E-state index is 5.67. The largest absolute Gasteiger partial charge is 0.339 e. The molecule has 21 heavy (non-hydrogen) atoms. The molecule has 0 aliphatic heterocycles. The predicted molar refractivity (Wildman–Crippen MR) is 82.7 cm³/mol. The molecule has 0 saturated heterocycles. The second-order valence-corrected chi connectivity index (χ2v) is 5.47. The van der Waals surface area contributed by atoms with Gasteiger partial charge in [0.05, 0.1) is 0 Å². The minimum absolute atomic E-state index is 0.626. The summed E-state index contributed by atoms with van der Waals surface area (Å²) in [5.74, 6) is 1.98. The van der Waals surface area contributed by atoms with Crippen molar-refractivity contribution in [3.05, 3.63) is 29.9 Å². The highest BCUT2D eigenvalue weighted by molar-refractivity contribution is 5.57. The van der Waals surface area contributed by atoms with Crippen LogP contribution in [0.2, 0.25) is 0 Å². The zero-order valence-corrected chi connectivity index (χ0v) is 12.9. The van der Waals surface area contributed by atoms with Gasteiger partial charge in [0, 0.05) is 24.4 Å². The van der Waals surface area contributed by atoms with Crippen molar-refractivity contribution in [2.45, 2.75) is 46.0 Å². The summed E-state index contributed by atoms with van der Waals surface area (Å²) < 4.78 is 5.36. The van der Waals surface area contributed by atoms with E-state index >= 15 is 0 Å². The summed E-state index contributed by atoms with van der Waals surface area (Å²) in [6.07, 6.45) is 8.88. The zero-order chi connectivity index (χ0) is 15.1. The molecule has 1 unspecified atom stereocenters. The van der Waals surface area contributed by atoms with Gasteiger partial charge in [-0.1, -0.05) is 24.9 Å². The van der Waals surface area contributed by atoms with E-state index in [0.29, 0.717) is 17.6 Å². The first kappa shape index (κ1) is 15.6. The van der Waals surface area contributed by atoms with Crippen LogP contribution in [0.15, 0.2) is 23.0 Å². The van der Waals surface area contributed by atoms with Gasteiger partial charge in [0.2, 0.25) is 11.7 Å². The van der Waals surface area contributed by atoms with E-state index in [1.54, 1.807) is 12.4 Å². The molecular formula is C16H24N4O. The fourth-order valence-electron chi connectivity index (χ4n) is 2.57. The van der Waals surface area contributed by atoms with Gasteiger partial charge in [-0.15, -0.1) is 0 Å². The third-order valence-corrected chi connectivity index (χ3v) is 3.79. The molecule has 0 aromatic carbocycles. The molecule has 1 atom stereocenters. The minimum Gasteiger partial charge on any atom is -0.339 e. The Morgan fingerprint density at radius 3 is 2.86 bits per heavy atom. The maximum atomic E-state index is 5.67. The monoisotopic (exact) mass is 288 g/mol. The average Bonchev–Trinajstić information content (AvgIpc) is 2.94. The lowest BCUT2D eigenvalue weighted by Gasteiger charge is -2.13. The average molecular weight is 288 g/mol. The van der Waals surface area contributed by atoms with Crippen molar-refractivity contribution >= 4 is 0 Å². The molecule has 114 valence electrons. The number of aryl methyl sites for hydroxylation is 2. The second-order valence-electron chi connectivity index (χ2n) is 5.47. The standard InChI is InChI=1S/C16H24N4O/c1-3-4-13(7-9-17)5-6-15-19-16(20-21-15)14-11-18-10-8-12(14)2/h8,10-11,13H,3-7,9,17H2,1-2H3. The van der Waals surface area contributed by atoms with Crippen molar-refractivity contribution in [1.29, 1.82) is 0 Å². The first-order chi connectivity index (χ1) is 10.2. The third-order valence-electron chi connectivity index (χ3n) is 3.79. The SMILES string of the molecule is CCCC(CCN)CCc1nc(-c2cnccc2C)no1. The first-order valence-corrected chi connectivity index (χ1v) is 7.68. The predicted octanol–water partition coefficient (Wildman–Crippen LogP) is 3.14. The number of rotatable bonds is 8. The van der Waals surface area contributed by atoms with Gasteiger partial charge in [0.25, 0.3) is 0 Å². The molecule has 0 aliphatic carbocycles. The topological polar surface area (TPSA) is 77.8 Å². The molecule has 5 heteroatoms. The van der Waals surface area contributed by atoms with Crippen LogP contribution in [-0.2, 0) is 6.42 Å². The molecule has 0 fully saturated rings. The lowest BCUT2D eigenvalue weighted by Crippen LogP contribution is -2.09. The number of aromatic nitrogens is 3. The molecule has 0 amide bonds. The Balaban J connectivity index is 1.98. The summed E-state index contributed by atoms with van der Waals surface area (Å²) in [6, 6.07) is 1.95. The number of pyridine rings is 1. The number of nitrogens with two attached hydrogens (primary N) is 1. The highest BCUT2D eigenvalue weighted by Gasteiger charge is 2.13. The molecule has 2 N–H and O–H groups in total. The van der Waals surface area contributed by atoms with E-state index in [2.05, 4.69) is 22.0 Å². The van der Waals surface area contributed by atoms with Gasteiger partial charge in [-0.25, -0.2) is 0 Å². The lowest BCUT2D eigenvalue weighted by atomic mass is 9.94. The van der Waals surface area contributed by atoms with Crippen LogP contribution in [0.4, 0.5) is 0 Å². The molecule has 2 heterocycles. The van der Waals surface area contributed by atoms with Crippen molar-refractivity contribution in [2.24, 2.45) is 11.7 Å². The first-order valence-electron chi connectivity index (χ1n) is 7.68. The van der Waals surface area contributed by atoms with E-state index in [4.69, 9.17) is 10.3 Å². The Morgan fingerprint density at radius 2 is 2.14 bits per heavy atom. The van der Waals surface area contributed by atoms with Gasteiger partial charge in [-0.05, 0) is 43.9 Å². The van der Waals surface area contributed by atoms with E-state index in [-0.39, 0.29) is 0 Å². The van der Waals surface area contributed by atoms with Crippen molar-refractivity contribution in [3.63, 3.8) is 0 Å². The van der Waals surface area contributed by atoms with Crippen LogP contribution in [0.1, 0.15) is 44.1 Å². The lowest BCUT2D eigenvalue weighted by molar-refractivity contribution is 0.349. The highest BCUT2D eigenvalue weighted by atomic mass is 16.5. The molecule has 5 nitrogen and oxygen atoms in total. The number of hydrogen-bond donors (Lipinski definition) is 1. The van der Waals surface area contributed by atoms with Crippen molar-refractivity contribution < 1.29 is 4.52 Å². The fraction of sp³-hybridized carbons (Fsp3) is 0.562. The van der Waals surface area contributed by atoms with Gasteiger partial charge >= 0.3 is 0 Å². The van der Waals surface area contributed by atoms with Crippen molar-refractivity contribution in [1.82, 2.24) is 15.1 Å². The van der Waals surface area contributed by atoms with Crippen LogP contribution in [0.25, 0.3) is 11.4 Å². The molecule has 0 radical (unpaired) electrons. The van der Waals surface area contributed by atoms with Crippen LogP contribution < -0.4 is 5.73 Å². The van der Waals surface area contributed by atoms with E-state index in [1.807, 2.05) is 13.0 Å². The summed E-state index contributed by atoms with van der Waals surface area (Å²) in [5.41, 5.74) is 7.70. The zero-order valence-electron chi connectivity index (χ0n) is 12.9. The summed E-state index contributed by atoms with van der Waals surface area (Å²) in [7, 11) is 0. The van der Waals surface area contributed by atoms with E-state index in [1.165, 1.54) is 12.8 Å². The van der Waals surface area contributed by atoms with Gasteiger partial charge in [-0.3, -0.25) is 4.98 Å². The third kappa shape index (κ3) is 4.36. The maximum Gasteiger partial charge on any atom is 0.226 e. The molecule has 2 aromatic heterocycles. The number of nitrogens with zero attached hydrogens (tertiary/aromatic N) is 3. The van der Waals surface area contributed by atoms with Crippen LogP contribution in [-0.4, -0.2) is 21.7 Å². The molecular weight excluding hydrogens is 264 g/mol. The van der Waals surface area contributed by atoms with Crippen LogP contribution >= 0.6 is 0 Å². The Morgan fingerprint density at radius 1 is 1.29 bits per heavy atom. The highest BCUT2D eigenvalue weighted by Crippen LogP contribution is 2.21. The van der Waals surface area contributed by atoms with Crippen LogP contribution in [0.3, 0.4) is 0 Å². The Labute approximate surface area is 126 Å². The van der Waals surface area contributed by atoms with Gasteiger partial charge < -0.3 is 10.3 Å². The fourth-order valence-corrected chi connectivity index (χ4v) is 2.57. The smallest absolute Gasteiger partial charge is 0.226 e. The van der Waals surface area contributed by atoms with Gasteiger partial charge in [0.1, 0.15) is 0 Å². The quantitative estimate of drug-likeness (QED) is 0.807. The number of hydrogen-bond acceptors (Lipinski definition) is 5. The minimum atomic E-state index is 0.626. The van der Waals surface area contributed by atoms with Crippen LogP contribution in [0, 0.1) is 12.8 Å². The molecule has 2 aromatic rings. The summed E-state index contributed by atoms with van der Waals surface area (Å²) >= 11 is 0. The Kier molecular flexibility index (Phi) is 5.87. The van der Waals surface area contributed by atoms with E-state index in [9.17, 15) is 0 Å². The van der Waals surface area contributed by atoms with Gasteiger partial charge in [0.15, 0.2) is 0 Å². The van der Waals surface area contributed by atoms with E-state index < -0.39 is 0 Å². The molecule has 0 spiro atoms. The molecule has 0 aliphatic rings. The normalized spacial score (nSPS) is 12.5. The van der Waals surface area contributed by atoms with E-state index in [0.717, 1.165) is 36.9 Å². The molecule has 2 rings (SSSR count). The molecule has 0 bridgehead atoms. The Hall–Kier alpha value is -1.75. The summed E-state index contributed by atoms with van der Waals surface area (Å²) in [5, 5.41) is 4.07.